The number of esters is 1. The molecule has 0 aliphatic carbocycles. The average molecular weight is 512 g/mol. The molecule has 1 unspecified atom stereocenters. The Balaban J connectivity index is 1.38. The average Bonchev–Trinajstić information content (AvgIpc) is 3.27. The molecule has 1 atom stereocenters. The van der Waals surface area contributed by atoms with E-state index >= 15 is 0 Å². The van der Waals surface area contributed by atoms with Crippen molar-refractivity contribution in [1.29, 1.82) is 0 Å². The van der Waals surface area contributed by atoms with Crippen molar-refractivity contribution in [2.24, 2.45) is 5.92 Å². The second-order valence-electron chi connectivity index (χ2n) is 8.61. The van der Waals surface area contributed by atoms with Gasteiger partial charge in [-0.3, -0.25) is 14.4 Å². The van der Waals surface area contributed by atoms with Gasteiger partial charge in [0.1, 0.15) is 5.75 Å². The number of halogens is 3. The number of benzene rings is 3. The molecule has 0 spiro atoms. The molecule has 1 heterocycles. The number of carbonyl (C=O) groups excluding carboxylic acids is 3. The predicted molar refractivity (Wildman–Crippen MR) is 129 cm³/mol. The van der Waals surface area contributed by atoms with Crippen LogP contribution in [0.5, 0.6) is 5.75 Å². The summed E-state index contributed by atoms with van der Waals surface area (Å²) in [5, 5.41) is 12.3. The smallest absolute Gasteiger partial charge is 0.422 e. The Morgan fingerprint density at radius 3 is 2.46 bits per heavy atom. The molecule has 3 aromatic rings. The summed E-state index contributed by atoms with van der Waals surface area (Å²) in [6, 6.07) is 20.4. The SMILES string of the molecule is O=C(NCc1cccc(N2CC(C(=O)OCC(F)(F)F)CC2=O)c1)c1cccc(-c2ccc(O)cc2)c1. The van der Waals surface area contributed by atoms with Gasteiger partial charge < -0.3 is 20.1 Å². The summed E-state index contributed by atoms with van der Waals surface area (Å²) in [6.45, 7) is -1.62. The minimum atomic E-state index is -4.64. The molecule has 192 valence electrons. The molecule has 0 bridgehead atoms. The number of hydrogen-bond donors (Lipinski definition) is 2. The molecule has 1 saturated heterocycles. The van der Waals surface area contributed by atoms with Gasteiger partial charge in [-0.05, 0) is 53.1 Å². The van der Waals surface area contributed by atoms with Crippen molar-refractivity contribution < 1.29 is 37.4 Å². The molecule has 0 aromatic heterocycles. The third-order valence-electron chi connectivity index (χ3n) is 5.84. The van der Waals surface area contributed by atoms with Gasteiger partial charge >= 0.3 is 12.1 Å². The Morgan fingerprint density at radius 1 is 1.00 bits per heavy atom. The van der Waals surface area contributed by atoms with Crippen LogP contribution >= 0.6 is 0 Å². The molecular formula is C27H23F3N2O5. The first kappa shape index (κ1) is 25.7. The molecule has 2 N–H and O–H groups in total. The summed E-state index contributed by atoms with van der Waals surface area (Å²) in [4.78, 5) is 38.5. The summed E-state index contributed by atoms with van der Waals surface area (Å²) in [5.74, 6) is -2.62. The molecule has 0 radical (unpaired) electrons. The number of anilines is 1. The maximum Gasteiger partial charge on any atom is 0.422 e. The zero-order valence-corrected chi connectivity index (χ0v) is 19.5. The number of hydrogen-bond acceptors (Lipinski definition) is 5. The Bertz CT molecular complexity index is 1310. The highest BCUT2D eigenvalue weighted by molar-refractivity contribution is 5.99. The number of amides is 2. The first-order chi connectivity index (χ1) is 17.6. The van der Waals surface area contributed by atoms with E-state index in [0.29, 0.717) is 16.8 Å². The third-order valence-corrected chi connectivity index (χ3v) is 5.84. The van der Waals surface area contributed by atoms with Gasteiger partial charge in [0.2, 0.25) is 5.91 Å². The van der Waals surface area contributed by atoms with E-state index in [9.17, 15) is 32.7 Å². The van der Waals surface area contributed by atoms with E-state index in [1.54, 1.807) is 66.7 Å². The van der Waals surface area contributed by atoms with E-state index in [4.69, 9.17) is 0 Å². The van der Waals surface area contributed by atoms with Crippen molar-refractivity contribution in [2.45, 2.75) is 19.1 Å². The molecule has 4 rings (SSSR count). The van der Waals surface area contributed by atoms with Crippen LogP contribution in [0.25, 0.3) is 11.1 Å². The van der Waals surface area contributed by atoms with E-state index in [-0.39, 0.29) is 31.2 Å². The van der Waals surface area contributed by atoms with Gasteiger partial charge in [0.05, 0.1) is 5.92 Å². The second kappa shape index (κ2) is 10.7. The van der Waals surface area contributed by atoms with E-state index in [0.717, 1.165) is 11.1 Å². The number of aromatic hydroxyl groups is 1. The monoisotopic (exact) mass is 512 g/mol. The summed E-state index contributed by atoms with van der Waals surface area (Å²) in [7, 11) is 0. The topological polar surface area (TPSA) is 95.9 Å². The Labute approximate surface area is 210 Å². The molecular weight excluding hydrogens is 489 g/mol. The quantitative estimate of drug-likeness (QED) is 0.456. The van der Waals surface area contributed by atoms with Crippen LogP contribution in [0.1, 0.15) is 22.3 Å². The maximum absolute atomic E-state index is 12.8. The molecule has 1 aliphatic heterocycles. The molecule has 2 amide bonds. The first-order valence-electron chi connectivity index (χ1n) is 11.4. The van der Waals surface area contributed by atoms with Crippen molar-refractivity contribution in [1.82, 2.24) is 5.32 Å². The van der Waals surface area contributed by atoms with Crippen LogP contribution in [-0.2, 0) is 20.9 Å². The summed E-state index contributed by atoms with van der Waals surface area (Å²) in [6.07, 6.45) is -4.88. The minimum absolute atomic E-state index is 0.0879. The number of phenols is 1. The van der Waals surface area contributed by atoms with Crippen molar-refractivity contribution in [3.05, 3.63) is 83.9 Å². The van der Waals surface area contributed by atoms with Gasteiger partial charge in [0.15, 0.2) is 6.61 Å². The first-order valence-corrected chi connectivity index (χ1v) is 11.4. The number of carbonyl (C=O) groups is 3. The molecule has 7 nitrogen and oxygen atoms in total. The fourth-order valence-corrected chi connectivity index (χ4v) is 4.00. The molecule has 37 heavy (non-hydrogen) atoms. The number of nitrogens with zero attached hydrogens (tertiary/aromatic N) is 1. The fraction of sp³-hybridized carbons (Fsp3) is 0.222. The summed E-state index contributed by atoms with van der Waals surface area (Å²) in [5.41, 5.74) is 3.26. The van der Waals surface area contributed by atoms with Crippen LogP contribution in [0.3, 0.4) is 0 Å². The van der Waals surface area contributed by atoms with Crippen molar-refractivity contribution in [3.8, 4) is 16.9 Å². The van der Waals surface area contributed by atoms with Gasteiger partial charge in [-0.25, -0.2) is 0 Å². The normalized spacial score (nSPS) is 15.5. The number of alkyl halides is 3. The Morgan fingerprint density at radius 2 is 1.73 bits per heavy atom. The van der Waals surface area contributed by atoms with Crippen LogP contribution < -0.4 is 10.2 Å². The molecule has 3 aromatic carbocycles. The van der Waals surface area contributed by atoms with E-state index in [1.807, 2.05) is 6.07 Å². The highest BCUT2D eigenvalue weighted by atomic mass is 19.4. The zero-order chi connectivity index (χ0) is 26.6. The number of nitrogens with one attached hydrogen (secondary N) is 1. The van der Waals surface area contributed by atoms with Crippen LogP contribution in [0, 0.1) is 5.92 Å². The van der Waals surface area contributed by atoms with Crippen molar-refractivity contribution in [3.63, 3.8) is 0 Å². The Hall–Kier alpha value is -4.34. The predicted octanol–water partition coefficient (Wildman–Crippen LogP) is 4.45. The molecule has 10 heteroatoms. The highest BCUT2D eigenvalue weighted by Gasteiger charge is 2.38. The lowest BCUT2D eigenvalue weighted by Gasteiger charge is -2.18. The van der Waals surface area contributed by atoms with Crippen molar-refractivity contribution in [2.75, 3.05) is 18.1 Å². The summed E-state index contributed by atoms with van der Waals surface area (Å²) < 4.78 is 41.3. The van der Waals surface area contributed by atoms with Crippen LogP contribution in [0.2, 0.25) is 0 Å². The standard InChI is InChI=1S/C27H23F3N2O5/c28-27(29,30)16-37-26(36)21-13-24(34)32(15-21)22-6-1-3-17(11-22)14-31-25(35)20-5-2-4-19(12-20)18-7-9-23(33)10-8-18/h1-12,21,33H,13-16H2,(H,31,35). The minimum Gasteiger partial charge on any atom is -0.508 e. The van der Waals surface area contributed by atoms with E-state index in [2.05, 4.69) is 10.1 Å². The molecule has 1 fully saturated rings. The van der Waals surface area contributed by atoms with Crippen LogP contribution in [-0.4, -0.2) is 42.2 Å². The number of ether oxygens (including phenoxy) is 1. The highest BCUT2D eigenvalue weighted by Crippen LogP contribution is 2.28. The largest absolute Gasteiger partial charge is 0.508 e. The van der Waals surface area contributed by atoms with Gasteiger partial charge in [0, 0.05) is 30.8 Å². The fourth-order valence-electron chi connectivity index (χ4n) is 4.00. The van der Waals surface area contributed by atoms with E-state index in [1.165, 1.54) is 4.90 Å². The van der Waals surface area contributed by atoms with Gasteiger partial charge in [0.25, 0.3) is 5.91 Å². The molecule has 1 aliphatic rings. The van der Waals surface area contributed by atoms with E-state index < -0.39 is 30.6 Å². The lowest BCUT2D eigenvalue weighted by molar-refractivity contribution is -0.188. The van der Waals surface area contributed by atoms with Gasteiger partial charge in [-0.15, -0.1) is 0 Å². The zero-order valence-electron chi connectivity index (χ0n) is 19.5. The number of rotatable bonds is 7. The Kier molecular flexibility index (Phi) is 7.47. The van der Waals surface area contributed by atoms with Crippen LogP contribution in [0.15, 0.2) is 72.8 Å². The van der Waals surface area contributed by atoms with Gasteiger partial charge in [-0.2, -0.15) is 13.2 Å². The summed E-state index contributed by atoms with van der Waals surface area (Å²) >= 11 is 0. The van der Waals surface area contributed by atoms with Gasteiger partial charge in [-0.1, -0.05) is 36.4 Å². The second-order valence-corrected chi connectivity index (χ2v) is 8.61. The van der Waals surface area contributed by atoms with Crippen LogP contribution in [0.4, 0.5) is 18.9 Å². The molecule has 0 saturated carbocycles. The number of phenolic OH excluding ortho intramolecular Hbond substituents is 1. The third kappa shape index (κ3) is 6.66. The maximum atomic E-state index is 12.8. The lowest BCUT2D eigenvalue weighted by Crippen LogP contribution is -2.28. The lowest BCUT2D eigenvalue weighted by atomic mass is 10.0. The van der Waals surface area contributed by atoms with Crippen molar-refractivity contribution >= 4 is 23.5 Å².